The van der Waals surface area contributed by atoms with E-state index in [2.05, 4.69) is 119 Å². The Morgan fingerprint density at radius 2 is 1.03 bits per heavy atom. The molecule has 0 aromatic heterocycles. The zero-order chi connectivity index (χ0) is 24.1. The van der Waals surface area contributed by atoms with E-state index in [1.807, 2.05) is 0 Å². The molecule has 1 unspecified atom stereocenters. The van der Waals surface area contributed by atoms with Crippen LogP contribution in [0.3, 0.4) is 0 Å². The summed E-state index contributed by atoms with van der Waals surface area (Å²) in [6.45, 7) is 36.4. The van der Waals surface area contributed by atoms with Crippen LogP contribution in [0.15, 0.2) is 6.07 Å². The van der Waals surface area contributed by atoms with Crippen molar-refractivity contribution in [3.05, 3.63) is 33.9 Å². The van der Waals surface area contributed by atoms with Gasteiger partial charge in [-0.15, -0.1) is 9.24 Å². The largest absolute Gasteiger partial charge is 0.133 e. The predicted molar refractivity (Wildman–Crippen MR) is 146 cm³/mol. The van der Waals surface area contributed by atoms with Gasteiger partial charge in [0, 0.05) is 0 Å². The van der Waals surface area contributed by atoms with Gasteiger partial charge in [-0.05, 0) is 66.7 Å². The molecule has 1 aromatic rings. The number of hydrogen-bond donors (Lipinski definition) is 0. The van der Waals surface area contributed by atoms with Crippen LogP contribution < -0.4 is 0 Å². The Hall–Kier alpha value is 0.0800. The van der Waals surface area contributed by atoms with E-state index in [0.717, 1.165) is 6.16 Å². The molecule has 0 nitrogen and oxygen atoms in total. The van der Waals surface area contributed by atoms with Crippen LogP contribution in [0.5, 0.6) is 0 Å². The molecule has 0 saturated carbocycles. The van der Waals surface area contributed by atoms with Crippen molar-refractivity contribution in [1.82, 2.24) is 0 Å². The first kappa shape index (κ1) is 28.1. The lowest BCUT2D eigenvalue weighted by Crippen LogP contribution is -2.32. The van der Waals surface area contributed by atoms with E-state index in [0.29, 0.717) is 10.3 Å². The van der Waals surface area contributed by atoms with Gasteiger partial charge >= 0.3 is 0 Å². The van der Waals surface area contributed by atoms with Crippen LogP contribution in [0, 0.1) is 0 Å². The van der Waals surface area contributed by atoms with Crippen molar-refractivity contribution in [2.45, 2.75) is 143 Å². The van der Waals surface area contributed by atoms with Crippen LogP contribution in [0.25, 0.3) is 0 Å². The molecule has 1 rings (SSSR count). The predicted octanol–water partition coefficient (Wildman–Crippen LogP) is 9.53. The Labute approximate surface area is 193 Å². The third-order valence-corrected chi connectivity index (χ3v) is 10.3. The van der Waals surface area contributed by atoms with Gasteiger partial charge in [0.15, 0.2) is 0 Å². The Morgan fingerprint density at radius 3 is 1.30 bits per heavy atom. The van der Waals surface area contributed by atoms with Gasteiger partial charge in [0.05, 0.1) is 0 Å². The minimum Gasteiger partial charge on any atom is -0.133 e. The van der Waals surface area contributed by atoms with Gasteiger partial charge in [-0.25, -0.2) is 0 Å². The molecule has 2 heteroatoms. The first-order valence-corrected chi connectivity index (χ1v) is 14.0. The van der Waals surface area contributed by atoms with E-state index in [1.54, 1.807) is 22.3 Å². The van der Waals surface area contributed by atoms with Crippen molar-refractivity contribution < 1.29 is 0 Å². The smallest absolute Gasteiger partial charge is 0.00578 e. The second kappa shape index (κ2) is 8.79. The van der Waals surface area contributed by atoms with Gasteiger partial charge in [-0.3, -0.25) is 0 Å². The van der Waals surface area contributed by atoms with Crippen molar-refractivity contribution in [3.8, 4) is 0 Å². The zero-order valence-electron chi connectivity index (χ0n) is 23.0. The molecule has 174 valence electrons. The lowest BCUT2D eigenvalue weighted by Gasteiger charge is -2.44. The third-order valence-electron chi connectivity index (χ3n) is 5.99. The van der Waals surface area contributed by atoms with E-state index in [4.69, 9.17) is 0 Å². The highest BCUT2D eigenvalue weighted by molar-refractivity contribution is 7.60. The quantitative estimate of drug-likeness (QED) is 0.402. The Bertz CT molecular complexity index is 722. The Morgan fingerprint density at radius 1 is 0.633 bits per heavy atom. The van der Waals surface area contributed by atoms with Crippen LogP contribution in [-0.4, -0.2) is 10.3 Å². The maximum atomic E-state index is 3.03. The van der Waals surface area contributed by atoms with Crippen molar-refractivity contribution in [2.24, 2.45) is 0 Å². The first-order chi connectivity index (χ1) is 13.0. The molecule has 0 heterocycles. The lowest BCUT2D eigenvalue weighted by molar-refractivity contribution is 0.494. The fourth-order valence-electron chi connectivity index (χ4n) is 4.98. The zero-order valence-corrected chi connectivity index (χ0v) is 25.1. The average Bonchev–Trinajstić information content (AvgIpc) is 2.45. The van der Waals surface area contributed by atoms with Crippen LogP contribution in [0.2, 0.25) is 0 Å². The molecular weight excluding hydrogens is 398 g/mol. The second-order valence-electron chi connectivity index (χ2n) is 14.2. The van der Waals surface area contributed by atoms with Gasteiger partial charge in [0.2, 0.25) is 0 Å². The highest BCUT2D eigenvalue weighted by Gasteiger charge is 2.39. The number of benzene rings is 1. The van der Waals surface area contributed by atoms with Crippen molar-refractivity contribution in [2.75, 3.05) is 0 Å². The van der Waals surface area contributed by atoms with E-state index in [-0.39, 0.29) is 24.2 Å². The average molecular weight is 451 g/mol. The highest BCUT2D eigenvalue weighted by Crippen LogP contribution is 2.62. The number of hydrogen-bond acceptors (Lipinski definition) is 0. The minimum absolute atomic E-state index is 0.116. The molecule has 0 amide bonds. The van der Waals surface area contributed by atoms with E-state index < -0.39 is 0 Å². The SMILES string of the molecule is CC(C)(C)c1cc(CP)c(CP(C(C)(C)C)C(C)(C)C)c(C(C)(C)C)c1C(C)(C)C. The van der Waals surface area contributed by atoms with Crippen molar-refractivity contribution in [1.29, 1.82) is 0 Å². The summed E-state index contributed by atoms with van der Waals surface area (Å²) in [5, 5.41) is 0.650. The van der Waals surface area contributed by atoms with Crippen LogP contribution in [-0.2, 0) is 28.6 Å². The molecule has 0 aliphatic rings. The molecular formula is C28H52P2. The van der Waals surface area contributed by atoms with Gasteiger partial charge in [-0.2, -0.15) is 0 Å². The summed E-state index contributed by atoms with van der Waals surface area (Å²) in [4.78, 5) is 0. The lowest BCUT2D eigenvalue weighted by atomic mass is 9.66. The molecule has 0 spiro atoms. The fourth-order valence-corrected chi connectivity index (χ4v) is 8.98. The summed E-state index contributed by atoms with van der Waals surface area (Å²) in [6.07, 6.45) is 2.25. The van der Waals surface area contributed by atoms with E-state index >= 15 is 0 Å². The third kappa shape index (κ3) is 6.55. The standard InChI is InChI=1S/C28H52P2/c1-24(2,3)21-16-19(17-29)20(18-30(27(10,11)12)28(13,14)15)22(25(4,5)6)23(21)26(7,8)9/h16H,17-18,29H2,1-15H3. The summed E-state index contributed by atoms with van der Waals surface area (Å²) < 4.78 is 0. The molecule has 1 atom stereocenters. The molecule has 0 saturated heterocycles. The van der Waals surface area contributed by atoms with E-state index in [1.165, 1.54) is 11.7 Å². The maximum Gasteiger partial charge on any atom is -0.00578 e. The van der Waals surface area contributed by atoms with Crippen molar-refractivity contribution in [3.63, 3.8) is 0 Å². The van der Waals surface area contributed by atoms with Crippen LogP contribution >= 0.6 is 17.2 Å². The summed E-state index contributed by atoms with van der Waals surface area (Å²) in [5.74, 6) is 0. The molecule has 0 bridgehead atoms. The van der Waals surface area contributed by atoms with Gasteiger partial charge < -0.3 is 0 Å². The molecule has 1 aromatic carbocycles. The maximum absolute atomic E-state index is 3.03. The Kier molecular flexibility index (Phi) is 8.24. The molecule has 0 aliphatic carbocycles. The molecule has 30 heavy (non-hydrogen) atoms. The van der Waals surface area contributed by atoms with Crippen LogP contribution in [0.4, 0.5) is 0 Å². The Balaban J connectivity index is 4.13. The van der Waals surface area contributed by atoms with Gasteiger partial charge in [0.1, 0.15) is 0 Å². The van der Waals surface area contributed by atoms with Gasteiger partial charge in [0.25, 0.3) is 0 Å². The normalized spacial score (nSPS) is 14.6. The summed E-state index contributed by atoms with van der Waals surface area (Å²) in [5.41, 5.74) is 8.32. The second-order valence-corrected chi connectivity index (χ2v) is 18.5. The van der Waals surface area contributed by atoms with Crippen molar-refractivity contribution >= 4 is 17.2 Å². The topological polar surface area (TPSA) is 0 Å². The van der Waals surface area contributed by atoms with Crippen LogP contribution in [0.1, 0.15) is 132 Å². The number of rotatable bonds is 3. The molecule has 0 N–H and O–H groups in total. The summed E-state index contributed by atoms with van der Waals surface area (Å²) in [7, 11) is 2.83. The fraction of sp³-hybridized carbons (Fsp3) is 0.786. The summed E-state index contributed by atoms with van der Waals surface area (Å²) in [6, 6.07) is 2.57. The van der Waals surface area contributed by atoms with Gasteiger partial charge in [-0.1, -0.05) is 118 Å². The molecule has 0 aliphatic heterocycles. The first-order valence-electron chi connectivity index (χ1n) is 11.7. The minimum atomic E-state index is -0.200. The molecule has 0 radical (unpaired) electrons. The summed E-state index contributed by atoms with van der Waals surface area (Å²) >= 11 is 0. The van der Waals surface area contributed by atoms with E-state index in [9.17, 15) is 0 Å². The molecule has 0 fully saturated rings. The monoisotopic (exact) mass is 450 g/mol. The highest BCUT2D eigenvalue weighted by atomic mass is 31.1.